The molecular formula is C22H32N3O2+. The summed E-state index contributed by atoms with van der Waals surface area (Å²) in [6.45, 7) is 4.33. The van der Waals surface area contributed by atoms with Crippen molar-refractivity contribution in [1.82, 2.24) is 4.90 Å². The molecule has 1 aromatic carbocycles. The van der Waals surface area contributed by atoms with E-state index < -0.39 is 0 Å². The Kier molecular flexibility index (Phi) is 7.51. The maximum atomic E-state index is 9.19. The molecule has 1 unspecified atom stereocenters. The number of allylic oxidation sites excluding steroid dienone is 2. The summed E-state index contributed by atoms with van der Waals surface area (Å²) in [7, 11) is 0. The average molecular weight is 371 g/mol. The number of ether oxygens (including phenoxy) is 1. The van der Waals surface area contributed by atoms with E-state index in [2.05, 4.69) is 28.1 Å². The minimum absolute atomic E-state index is 0.194. The number of nitrogens with zero attached hydrogens (tertiary/aromatic N) is 1. The summed E-state index contributed by atoms with van der Waals surface area (Å²) in [5.41, 5.74) is 6.31. The third-order valence-corrected chi connectivity index (χ3v) is 5.28. The second-order valence-electron chi connectivity index (χ2n) is 7.33. The highest BCUT2D eigenvalue weighted by molar-refractivity contribution is 5.50. The zero-order chi connectivity index (χ0) is 18.9. The largest absolute Gasteiger partial charge is 0.494 e. The number of benzene rings is 1. The number of piperidine rings is 1. The van der Waals surface area contributed by atoms with E-state index in [1.807, 2.05) is 42.6 Å². The molecular weight excluding hydrogens is 338 g/mol. The molecule has 0 bridgehead atoms. The lowest BCUT2D eigenvalue weighted by Gasteiger charge is -2.30. The Hall–Kier alpha value is -2.08. The average Bonchev–Trinajstić information content (AvgIpc) is 2.72. The smallest absolute Gasteiger partial charge is 0.130 e. The summed E-state index contributed by atoms with van der Waals surface area (Å²) in [6.07, 6.45) is 13.5. The number of rotatable bonds is 8. The summed E-state index contributed by atoms with van der Waals surface area (Å²) in [5.74, 6) is 1.41. The molecule has 2 aliphatic rings. The van der Waals surface area contributed by atoms with Crippen LogP contribution in [0.2, 0.25) is 0 Å². The predicted molar refractivity (Wildman–Crippen MR) is 109 cm³/mol. The predicted octanol–water partition coefficient (Wildman–Crippen LogP) is 2.19. The molecule has 5 nitrogen and oxygen atoms in total. The topological polar surface area (TPSA) is 72.4 Å². The molecule has 0 amide bonds. The first-order valence-corrected chi connectivity index (χ1v) is 9.95. The zero-order valence-corrected chi connectivity index (χ0v) is 16.0. The van der Waals surface area contributed by atoms with E-state index in [0.29, 0.717) is 12.5 Å². The van der Waals surface area contributed by atoms with Crippen LogP contribution < -0.4 is 15.8 Å². The number of anilines is 1. The number of hydrogen-bond acceptors (Lipinski definition) is 4. The van der Waals surface area contributed by atoms with E-state index >= 15 is 0 Å². The van der Waals surface area contributed by atoms with Crippen LogP contribution in [0.4, 0.5) is 5.69 Å². The van der Waals surface area contributed by atoms with Gasteiger partial charge in [-0.1, -0.05) is 18.2 Å². The van der Waals surface area contributed by atoms with Crippen molar-refractivity contribution in [1.29, 1.82) is 0 Å². The monoisotopic (exact) mass is 370 g/mol. The van der Waals surface area contributed by atoms with Gasteiger partial charge in [0.15, 0.2) is 0 Å². The van der Waals surface area contributed by atoms with Crippen LogP contribution in [-0.4, -0.2) is 48.9 Å². The molecule has 0 radical (unpaired) electrons. The molecule has 1 atom stereocenters. The normalized spacial score (nSPS) is 22.3. The minimum Gasteiger partial charge on any atom is -0.494 e. The molecule has 0 spiro atoms. The first-order valence-electron chi connectivity index (χ1n) is 9.95. The van der Waals surface area contributed by atoms with Crippen LogP contribution in [0.5, 0.6) is 5.75 Å². The van der Waals surface area contributed by atoms with Gasteiger partial charge >= 0.3 is 0 Å². The van der Waals surface area contributed by atoms with Gasteiger partial charge in [-0.25, -0.2) is 0 Å². The number of aliphatic hydroxyl groups is 1. The van der Waals surface area contributed by atoms with Crippen LogP contribution in [-0.2, 0) is 0 Å². The fraction of sp³-hybridized carbons (Fsp3) is 0.455. The number of likely N-dealkylation sites (tertiary alicyclic amines) is 1. The van der Waals surface area contributed by atoms with E-state index in [-0.39, 0.29) is 6.04 Å². The first-order chi connectivity index (χ1) is 13.2. The van der Waals surface area contributed by atoms with Crippen LogP contribution >= 0.6 is 0 Å². The van der Waals surface area contributed by atoms with Gasteiger partial charge in [-0.3, -0.25) is 0 Å². The molecule has 5 N–H and O–H groups in total. The van der Waals surface area contributed by atoms with Crippen molar-refractivity contribution < 1.29 is 15.6 Å². The molecule has 1 aliphatic carbocycles. The lowest BCUT2D eigenvalue weighted by atomic mass is 9.98. The lowest BCUT2D eigenvalue weighted by molar-refractivity contribution is -0.389. The molecule has 1 saturated heterocycles. The number of hydrogen-bond donors (Lipinski definition) is 3. The Bertz CT molecular complexity index is 659. The maximum absolute atomic E-state index is 9.19. The molecule has 0 saturated carbocycles. The van der Waals surface area contributed by atoms with Crippen molar-refractivity contribution in [3.63, 3.8) is 0 Å². The molecule has 3 rings (SSSR count). The molecule has 27 heavy (non-hydrogen) atoms. The van der Waals surface area contributed by atoms with E-state index in [1.165, 1.54) is 5.57 Å². The quantitative estimate of drug-likeness (QED) is 0.614. The molecule has 0 aromatic heterocycles. The number of nitrogens with one attached hydrogen (secondary N) is 1. The molecule has 1 aromatic rings. The SMILES string of the molecule is [NH3+]C1C=CC=CC1=CNc1ccc(OCCCN2CCC(CO)CC2)cc1. The summed E-state index contributed by atoms with van der Waals surface area (Å²) in [6, 6.07) is 8.27. The first kappa shape index (κ1) is 19.7. The van der Waals surface area contributed by atoms with Gasteiger partial charge < -0.3 is 25.8 Å². The van der Waals surface area contributed by atoms with E-state index in [0.717, 1.165) is 56.9 Å². The Balaban J connectivity index is 1.35. The summed E-state index contributed by atoms with van der Waals surface area (Å²) < 4.78 is 5.87. The van der Waals surface area contributed by atoms with Crippen LogP contribution in [0.15, 0.2) is 60.3 Å². The lowest BCUT2D eigenvalue weighted by Crippen LogP contribution is -2.60. The van der Waals surface area contributed by atoms with Gasteiger partial charge in [0.1, 0.15) is 11.8 Å². The Labute approximate surface area is 162 Å². The van der Waals surface area contributed by atoms with Crippen LogP contribution in [0.3, 0.4) is 0 Å². The van der Waals surface area contributed by atoms with Gasteiger partial charge in [0.25, 0.3) is 0 Å². The zero-order valence-electron chi connectivity index (χ0n) is 16.0. The highest BCUT2D eigenvalue weighted by Crippen LogP contribution is 2.18. The van der Waals surface area contributed by atoms with Crippen molar-refractivity contribution in [2.24, 2.45) is 5.92 Å². The second kappa shape index (κ2) is 10.3. The summed E-state index contributed by atoms with van der Waals surface area (Å²) >= 11 is 0. The van der Waals surface area contributed by atoms with Crippen molar-refractivity contribution in [2.45, 2.75) is 25.3 Å². The van der Waals surface area contributed by atoms with Crippen molar-refractivity contribution in [3.8, 4) is 5.75 Å². The highest BCUT2D eigenvalue weighted by atomic mass is 16.5. The van der Waals surface area contributed by atoms with Gasteiger partial charge in [0.2, 0.25) is 0 Å². The summed E-state index contributed by atoms with van der Waals surface area (Å²) in [4.78, 5) is 2.47. The Morgan fingerprint density at radius 3 is 2.67 bits per heavy atom. The molecule has 1 fully saturated rings. The Morgan fingerprint density at radius 1 is 1.19 bits per heavy atom. The molecule has 146 valence electrons. The number of aliphatic hydroxyl groups excluding tert-OH is 1. The summed E-state index contributed by atoms with van der Waals surface area (Å²) in [5, 5.41) is 12.5. The highest BCUT2D eigenvalue weighted by Gasteiger charge is 2.17. The van der Waals surface area contributed by atoms with E-state index in [4.69, 9.17) is 4.74 Å². The van der Waals surface area contributed by atoms with Crippen molar-refractivity contribution in [3.05, 3.63) is 60.3 Å². The maximum Gasteiger partial charge on any atom is 0.130 e. The fourth-order valence-corrected chi connectivity index (χ4v) is 3.44. The Morgan fingerprint density at radius 2 is 1.96 bits per heavy atom. The van der Waals surface area contributed by atoms with Crippen molar-refractivity contribution >= 4 is 5.69 Å². The minimum atomic E-state index is 0.194. The van der Waals surface area contributed by atoms with Gasteiger partial charge in [-0.15, -0.1) is 0 Å². The standard InChI is InChI=1S/C22H31N3O2/c23-22-5-2-1-4-19(22)16-24-20-6-8-21(9-7-20)27-15-3-12-25-13-10-18(17-26)11-14-25/h1-2,4-9,16,18,22,24,26H,3,10-15,17,23H2/p+1. The van der Waals surface area contributed by atoms with Crippen LogP contribution in [0.1, 0.15) is 19.3 Å². The fourth-order valence-electron chi connectivity index (χ4n) is 3.44. The molecule has 1 aliphatic heterocycles. The second-order valence-corrected chi connectivity index (χ2v) is 7.33. The van der Waals surface area contributed by atoms with Gasteiger partial charge in [0.05, 0.1) is 6.61 Å². The van der Waals surface area contributed by atoms with Crippen LogP contribution in [0, 0.1) is 5.92 Å². The van der Waals surface area contributed by atoms with Gasteiger partial charge in [0, 0.05) is 30.6 Å². The third kappa shape index (κ3) is 6.24. The molecule has 1 heterocycles. The van der Waals surface area contributed by atoms with E-state index in [9.17, 15) is 5.11 Å². The molecule has 5 heteroatoms. The van der Waals surface area contributed by atoms with Crippen LogP contribution in [0.25, 0.3) is 0 Å². The third-order valence-electron chi connectivity index (χ3n) is 5.28. The number of quaternary nitrogens is 1. The van der Waals surface area contributed by atoms with Gasteiger partial charge in [-0.05, 0) is 68.6 Å². The van der Waals surface area contributed by atoms with Crippen molar-refractivity contribution in [2.75, 3.05) is 38.2 Å². The van der Waals surface area contributed by atoms with Gasteiger partial charge in [-0.2, -0.15) is 0 Å². The van der Waals surface area contributed by atoms with E-state index in [1.54, 1.807) is 0 Å².